The summed E-state index contributed by atoms with van der Waals surface area (Å²) in [6.07, 6.45) is 8.19. The van der Waals surface area contributed by atoms with E-state index >= 15 is 0 Å². The first-order valence-electron chi connectivity index (χ1n) is 10.1. The van der Waals surface area contributed by atoms with Crippen LogP contribution in [0.5, 0.6) is 5.75 Å². The van der Waals surface area contributed by atoms with Crippen molar-refractivity contribution in [2.45, 2.75) is 51.5 Å². The van der Waals surface area contributed by atoms with Crippen molar-refractivity contribution in [1.29, 1.82) is 0 Å². The quantitative estimate of drug-likeness (QED) is 0.461. The summed E-state index contributed by atoms with van der Waals surface area (Å²) in [5, 5.41) is 11.7. The van der Waals surface area contributed by atoms with Gasteiger partial charge in [0.05, 0.1) is 0 Å². The molecule has 1 aromatic carbocycles. The molecule has 8 heteroatoms. The normalized spacial score (nSPS) is 15.3. The minimum Gasteiger partial charge on any atom is -0.508 e. The van der Waals surface area contributed by atoms with Crippen LogP contribution in [0.3, 0.4) is 0 Å². The topological polar surface area (TPSA) is 107 Å². The largest absolute Gasteiger partial charge is 0.508 e. The van der Waals surface area contributed by atoms with Gasteiger partial charge in [-0.25, -0.2) is 4.79 Å². The van der Waals surface area contributed by atoms with Gasteiger partial charge in [0.15, 0.2) is 0 Å². The number of nitrogens with zero attached hydrogens (tertiary/aromatic N) is 2. The summed E-state index contributed by atoms with van der Waals surface area (Å²) < 4.78 is 0. The molecule has 1 atom stereocenters. The van der Waals surface area contributed by atoms with Gasteiger partial charge in [-0.05, 0) is 24.1 Å². The number of imide groups is 1. The number of phenolic OH excluding ortho intramolecular Hbond substituents is 1. The Hall–Kier alpha value is -2.90. The Morgan fingerprint density at radius 3 is 2.38 bits per heavy atom. The van der Waals surface area contributed by atoms with Gasteiger partial charge in [-0.1, -0.05) is 51.2 Å². The number of urea groups is 1. The zero-order chi connectivity index (χ0) is 21.2. The molecule has 4 amide bonds. The number of hydrogen-bond acceptors (Lipinski definition) is 5. The van der Waals surface area contributed by atoms with Crippen LogP contribution in [0.25, 0.3) is 0 Å². The minimum absolute atomic E-state index is 0.0204. The van der Waals surface area contributed by atoms with Crippen LogP contribution in [-0.4, -0.2) is 58.7 Å². The predicted molar refractivity (Wildman–Crippen MR) is 107 cm³/mol. The van der Waals surface area contributed by atoms with Crippen molar-refractivity contribution in [1.82, 2.24) is 15.1 Å². The highest BCUT2D eigenvalue weighted by Crippen LogP contribution is 2.16. The molecule has 2 N–H and O–H groups in total. The molecule has 0 saturated carbocycles. The Morgan fingerprint density at radius 1 is 1.07 bits per heavy atom. The van der Waals surface area contributed by atoms with Crippen LogP contribution in [0, 0.1) is 0 Å². The molecular weight excluding hydrogens is 374 g/mol. The number of nitrogens with one attached hydrogen (secondary N) is 1. The van der Waals surface area contributed by atoms with Gasteiger partial charge in [-0.15, -0.1) is 0 Å². The molecule has 0 aromatic heterocycles. The van der Waals surface area contributed by atoms with E-state index in [-0.39, 0.29) is 18.8 Å². The molecule has 0 aliphatic carbocycles. The van der Waals surface area contributed by atoms with E-state index in [2.05, 4.69) is 12.2 Å². The lowest BCUT2D eigenvalue weighted by Crippen LogP contribution is -2.58. The fourth-order valence-corrected chi connectivity index (χ4v) is 3.21. The molecule has 157 valence electrons. The Bertz CT molecular complexity index is 720. The molecule has 0 bridgehead atoms. The van der Waals surface area contributed by atoms with Crippen LogP contribution in [0.1, 0.15) is 57.1 Å². The van der Waals surface area contributed by atoms with Gasteiger partial charge in [-0.2, -0.15) is 0 Å². The number of aromatic hydroxyl groups is 1. The lowest BCUT2D eigenvalue weighted by molar-refractivity contribution is -0.153. The van der Waals surface area contributed by atoms with Crippen molar-refractivity contribution in [3.63, 3.8) is 0 Å². The third-order valence-electron chi connectivity index (χ3n) is 4.95. The van der Waals surface area contributed by atoms with E-state index in [0.29, 0.717) is 12.1 Å². The first kappa shape index (κ1) is 22.4. The Morgan fingerprint density at radius 2 is 1.72 bits per heavy atom. The summed E-state index contributed by atoms with van der Waals surface area (Å²) >= 11 is 0. The molecule has 1 fully saturated rings. The Balaban J connectivity index is 1.86. The van der Waals surface area contributed by atoms with E-state index in [9.17, 15) is 24.3 Å². The second kappa shape index (κ2) is 11.2. The number of carbonyl (C=O) groups excluding carboxylic acids is 4. The summed E-state index contributed by atoms with van der Waals surface area (Å²) in [6, 6.07) is 3.77. The van der Waals surface area contributed by atoms with Crippen molar-refractivity contribution in [3.05, 3.63) is 29.8 Å². The average Bonchev–Trinajstić information content (AvgIpc) is 2.72. The van der Waals surface area contributed by atoms with Crippen molar-refractivity contribution in [2.24, 2.45) is 0 Å². The molecule has 29 heavy (non-hydrogen) atoms. The van der Waals surface area contributed by atoms with Gasteiger partial charge >= 0.3 is 17.8 Å². The standard InChI is InChI=1S/C21H28N3O5/c1-2-3-4-5-6-7-12-23-13-14-24(20(28)19(23)27)21(29)22-18(15-25)16-8-10-17(26)11-9-16/h8-11,18,26H,2-7,12-14H2,1H3,(H,22,29). The summed E-state index contributed by atoms with van der Waals surface area (Å²) in [5.41, 5.74) is 0.409. The van der Waals surface area contributed by atoms with Gasteiger partial charge < -0.3 is 15.3 Å². The van der Waals surface area contributed by atoms with Crippen molar-refractivity contribution >= 4 is 24.1 Å². The molecule has 0 spiro atoms. The number of benzene rings is 1. The maximum atomic E-state index is 12.4. The van der Waals surface area contributed by atoms with Gasteiger partial charge in [0.25, 0.3) is 0 Å². The second-order valence-electron chi connectivity index (χ2n) is 7.11. The van der Waals surface area contributed by atoms with E-state index < -0.39 is 23.9 Å². The SMILES string of the molecule is CCCCCCCCN1CCN(C(=O)NC([C]=O)c2ccc(O)cc2)C(=O)C1=O. The first-order valence-corrected chi connectivity index (χ1v) is 10.1. The van der Waals surface area contributed by atoms with E-state index in [1.54, 1.807) is 6.29 Å². The van der Waals surface area contributed by atoms with Crippen molar-refractivity contribution in [2.75, 3.05) is 19.6 Å². The molecule has 1 aliphatic rings. The predicted octanol–water partition coefficient (Wildman–Crippen LogP) is 2.28. The van der Waals surface area contributed by atoms with Gasteiger partial charge in [0.2, 0.25) is 6.29 Å². The molecule has 1 heterocycles. The van der Waals surface area contributed by atoms with E-state index in [1.165, 1.54) is 48.4 Å². The molecule has 1 aromatic rings. The van der Waals surface area contributed by atoms with Gasteiger partial charge in [0.1, 0.15) is 11.8 Å². The average molecular weight is 402 g/mol. The molecule has 2 rings (SSSR count). The summed E-state index contributed by atoms with van der Waals surface area (Å²) in [6.45, 7) is 3.01. The minimum atomic E-state index is -1.10. The molecule has 1 radical (unpaired) electrons. The molecule has 1 saturated heterocycles. The molecular formula is C21H28N3O5. The van der Waals surface area contributed by atoms with Gasteiger partial charge in [0, 0.05) is 19.6 Å². The van der Waals surface area contributed by atoms with Crippen LogP contribution in [0.2, 0.25) is 0 Å². The highest BCUT2D eigenvalue weighted by atomic mass is 16.3. The monoisotopic (exact) mass is 402 g/mol. The van der Waals surface area contributed by atoms with Crippen LogP contribution >= 0.6 is 0 Å². The number of phenols is 1. The number of unbranched alkanes of at least 4 members (excludes halogenated alkanes) is 5. The number of hydrogen-bond donors (Lipinski definition) is 2. The zero-order valence-corrected chi connectivity index (χ0v) is 16.7. The maximum Gasteiger partial charge on any atom is 0.325 e. The summed E-state index contributed by atoms with van der Waals surface area (Å²) in [7, 11) is 0. The molecule has 1 unspecified atom stereocenters. The number of amides is 4. The smallest absolute Gasteiger partial charge is 0.325 e. The second-order valence-corrected chi connectivity index (χ2v) is 7.11. The summed E-state index contributed by atoms with van der Waals surface area (Å²) in [4.78, 5) is 50.6. The molecule has 8 nitrogen and oxygen atoms in total. The van der Waals surface area contributed by atoms with Crippen LogP contribution < -0.4 is 5.32 Å². The Kier molecular flexibility index (Phi) is 8.64. The molecule has 1 aliphatic heterocycles. The maximum absolute atomic E-state index is 12.4. The summed E-state index contributed by atoms with van der Waals surface area (Å²) in [5.74, 6) is -1.57. The third kappa shape index (κ3) is 6.30. The zero-order valence-electron chi connectivity index (χ0n) is 16.7. The van der Waals surface area contributed by atoms with Crippen LogP contribution in [0.4, 0.5) is 4.79 Å². The van der Waals surface area contributed by atoms with Crippen molar-refractivity contribution < 1.29 is 24.3 Å². The fraction of sp³-hybridized carbons (Fsp3) is 0.524. The van der Waals surface area contributed by atoms with Crippen molar-refractivity contribution in [3.8, 4) is 5.75 Å². The van der Waals surface area contributed by atoms with E-state index in [1.807, 2.05) is 0 Å². The van der Waals surface area contributed by atoms with Gasteiger partial charge in [-0.3, -0.25) is 19.3 Å². The number of rotatable bonds is 10. The van der Waals surface area contributed by atoms with Crippen LogP contribution in [0.15, 0.2) is 24.3 Å². The number of carbonyl (C=O) groups is 3. The lowest BCUT2D eigenvalue weighted by atomic mass is 10.1. The Labute approximate surface area is 170 Å². The highest BCUT2D eigenvalue weighted by molar-refractivity contribution is 6.38. The van der Waals surface area contributed by atoms with E-state index in [4.69, 9.17) is 0 Å². The highest BCUT2D eigenvalue weighted by Gasteiger charge is 2.36. The van der Waals surface area contributed by atoms with E-state index in [0.717, 1.165) is 24.2 Å². The van der Waals surface area contributed by atoms with Crippen LogP contribution in [-0.2, 0) is 14.4 Å². The fourth-order valence-electron chi connectivity index (χ4n) is 3.21. The lowest BCUT2D eigenvalue weighted by Gasteiger charge is -2.33. The first-order chi connectivity index (χ1) is 14.0. The number of piperazine rings is 1. The third-order valence-corrected chi connectivity index (χ3v) is 4.95.